The van der Waals surface area contributed by atoms with Crippen molar-refractivity contribution in [3.8, 4) is 0 Å². The van der Waals surface area contributed by atoms with E-state index in [9.17, 15) is 8.42 Å². The van der Waals surface area contributed by atoms with Crippen LogP contribution in [-0.4, -0.2) is 13.4 Å². The number of hydrogen-bond donors (Lipinski definition) is 2. The molecule has 0 radical (unpaired) electrons. The minimum Gasteiger partial charge on any atom is -0.399 e. The quantitative estimate of drug-likeness (QED) is 0.826. The predicted molar refractivity (Wildman–Crippen MR) is 83.5 cm³/mol. The molecular formula is C14H16ClN3O2S. The number of hydrogen-bond acceptors (Lipinski definition) is 4. The summed E-state index contributed by atoms with van der Waals surface area (Å²) in [5.41, 5.74) is 7.69. The fourth-order valence-corrected chi connectivity index (χ4v) is 3.47. The minimum absolute atomic E-state index is 0.00680. The van der Waals surface area contributed by atoms with E-state index < -0.39 is 10.0 Å². The highest BCUT2D eigenvalue weighted by Crippen LogP contribution is 2.23. The molecule has 0 aliphatic heterocycles. The number of aryl methyl sites for hydroxylation is 1. The molecule has 5 nitrogen and oxygen atoms in total. The smallest absolute Gasteiger partial charge is 0.242 e. The van der Waals surface area contributed by atoms with Crippen molar-refractivity contribution in [1.29, 1.82) is 0 Å². The van der Waals surface area contributed by atoms with Gasteiger partial charge in [0, 0.05) is 11.9 Å². The van der Waals surface area contributed by atoms with E-state index in [4.69, 9.17) is 17.3 Å². The molecule has 0 aliphatic rings. The summed E-state index contributed by atoms with van der Waals surface area (Å²) in [6.07, 6.45) is 2.42. The van der Waals surface area contributed by atoms with Crippen LogP contribution in [0.2, 0.25) is 5.02 Å². The highest BCUT2D eigenvalue weighted by atomic mass is 35.5. The van der Waals surface area contributed by atoms with E-state index in [1.807, 2.05) is 19.1 Å². The second-order valence-corrected chi connectivity index (χ2v) is 6.62. The maximum atomic E-state index is 12.3. The van der Waals surface area contributed by atoms with Gasteiger partial charge in [-0.15, -0.1) is 0 Å². The Bertz CT molecular complexity index is 748. The highest BCUT2D eigenvalue weighted by molar-refractivity contribution is 7.89. The first-order valence-electron chi connectivity index (χ1n) is 6.41. The van der Waals surface area contributed by atoms with Crippen LogP contribution < -0.4 is 10.5 Å². The summed E-state index contributed by atoms with van der Waals surface area (Å²) < 4.78 is 27.1. The number of nitrogen functional groups attached to an aromatic ring is 1. The number of benzene rings is 1. The standard InChI is InChI=1S/C14H16ClN3O2S/c1-2-10-4-3-7-17-13(10)9-18-21(19,20)14-6-5-11(16)8-12(14)15/h3-8,18H,2,9,16H2,1H3. The molecule has 21 heavy (non-hydrogen) atoms. The van der Waals surface area contributed by atoms with E-state index in [0.29, 0.717) is 11.4 Å². The molecule has 0 saturated carbocycles. The Hall–Kier alpha value is -1.63. The Labute approximate surface area is 129 Å². The maximum absolute atomic E-state index is 12.3. The second-order valence-electron chi connectivity index (χ2n) is 4.48. The number of nitrogens with one attached hydrogen (secondary N) is 1. The van der Waals surface area contributed by atoms with Crippen molar-refractivity contribution in [3.63, 3.8) is 0 Å². The zero-order valence-corrected chi connectivity index (χ0v) is 13.1. The van der Waals surface area contributed by atoms with Gasteiger partial charge in [-0.2, -0.15) is 0 Å². The number of rotatable bonds is 5. The van der Waals surface area contributed by atoms with E-state index in [-0.39, 0.29) is 16.5 Å². The number of nitrogens with zero attached hydrogens (tertiary/aromatic N) is 1. The summed E-state index contributed by atoms with van der Waals surface area (Å²) in [5.74, 6) is 0. The molecular weight excluding hydrogens is 310 g/mol. The van der Waals surface area contributed by atoms with Crippen LogP contribution in [0.15, 0.2) is 41.4 Å². The fourth-order valence-electron chi connectivity index (χ4n) is 1.93. The van der Waals surface area contributed by atoms with Crippen LogP contribution in [0.5, 0.6) is 0 Å². The molecule has 0 spiro atoms. The van der Waals surface area contributed by atoms with E-state index in [1.54, 1.807) is 6.20 Å². The van der Waals surface area contributed by atoms with Gasteiger partial charge in [0.1, 0.15) is 4.90 Å². The number of nitrogens with two attached hydrogens (primary N) is 1. The lowest BCUT2D eigenvalue weighted by atomic mass is 10.1. The van der Waals surface area contributed by atoms with Gasteiger partial charge in [-0.1, -0.05) is 24.6 Å². The topological polar surface area (TPSA) is 85.1 Å². The van der Waals surface area contributed by atoms with E-state index in [1.165, 1.54) is 18.2 Å². The number of halogens is 1. The van der Waals surface area contributed by atoms with Crippen LogP contribution in [0.1, 0.15) is 18.2 Å². The highest BCUT2D eigenvalue weighted by Gasteiger charge is 2.18. The lowest BCUT2D eigenvalue weighted by Gasteiger charge is -2.10. The Morgan fingerprint density at radius 3 is 2.76 bits per heavy atom. The van der Waals surface area contributed by atoms with Gasteiger partial charge in [0.05, 0.1) is 17.3 Å². The molecule has 1 aromatic heterocycles. The first-order chi connectivity index (χ1) is 9.94. The van der Waals surface area contributed by atoms with Crippen LogP contribution in [0.4, 0.5) is 5.69 Å². The van der Waals surface area contributed by atoms with Gasteiger partial charge in [0.2, 0.25) is 10.0 Å². The van der Waals surface area contributed by atoms with Crippen molar-refractivity contribution in [2.24, 2.45) is 0 Å². The molecule has 0 unspecified atom stereocenters. The van der Waals surface area contributed by atoms with Crippen molar-refractivity contribution < 1.29 is 8.42 Å². The zero-order chi connectivity index (χ0) is 15.5. The van der Waals surface area contributed by atoms with E-state index in [0.717, 1.165) is 12.0 Å². The van der Waals surface area contributed by atoms with Crippen LogP contribution in [-0.2, 0) is 23.0 Å². The lowest BCUT2D eigenvalue weighted by molar-refractivity contribution is 0.580. The molecule has 3 N–H and O–H groups in total. The van der Waals surface area contributed by atoms with Crippen LogP contribution >= 0.6 is 11.6 Å². The Kier molecular flexibility index (Phi) is 4.82. The molecule has 2 rings (SSSR count). The molecule has 1 aromatic carbocycles. The van der Waals surface area contributed by atoms with Crippen molar-refractivity contribution in [3.05, 3.63) is 52.8 Å². The largest absolute Gasteiger partial charge is 0.399 e. The SMILES string of the molecule is CCc1cccnc1CNS(=O)(=O)c1ccc(N)cc1Cl. The second kappa shape index (κ2) is 6.43. The molecule has 0 bridgehead atoms. The van der Waals surface area contributed by atoms with E-state index in [2.05, 4.69) is 9.71 Å². The van der Waals surface area contributed by atoms with E-state index >= 15 is 0 Å². The molecule has 112 valence electrons. The third-order valence-corrected chi connectivity index (χ3v) is 4.92. The summed E-state index contributed by atoms with van der Waals surface area (Å²) in [6, 6.07) is 8.05. The van der Waals surface area contributed by atoms with Gasteiger partial charge >= 0.3 is 0 Å². The average molecular weight is 326 g/mol. The van der Waals surface area contributed by atoms with Gasteiger partial charge in [0.15, 0.2) is 0 Å². The third-order valence-electron chi connectivity index (χ3n) is 3.04. The van der Waals surface area contributed by atoms with Crippen LogP contribution in [0, 0.1) is 0 Å². The maximum Gasteiger partial charge on any atom is 0.242 e. The molecule has 7 heteroatoms. The summed E-state index contributed by atoms with van der Waals surface area (Å²) in [7, 11) is -3.71. The summed E-state index contributed by atoms with van der Waals surface area (Å²) in [4.78, 5) is 4.21. The first-order valence-corrected chi connectivity index (χ1v) is 8.27. The van der Waals surface area contributed by atoms with Gasteiger partial charge in [-0.3, -0.25) is 4.98 Å². The third kappa shape index (κ3) is 3.72. The number of anilines is 1. The molecule has 0 atom stereocenters. The van der Waals surface area contributed by atoms with Crippen molar-refractivity contribution >= 4 is 27.3 Å². The van der Waals surface area contributed by atoms with Gasteiger partial charge in [0.25, 0.3) is 0 Å². The summed E-state index contributed by atoms with van der Waals surface area (Å²) in [5, 5.41) is 0.0965. The fraction of sp³-hybridized carbons (Fsp3) is 0.214. The summed E-state index contributed by atoms with van der Waals surface area (Å²) in [6.45, 7) is 2.11. The monoisotopic (exact) mass is 325 g/mol. The molecule has 0 saturated heterocycles. The molecule has 2 aromatic rings. The molecule has 1 heterocycles. The number of sulfonamides is 1. The van der Waals surface area contributed by atoms with Crippen LogP contribution in [0.3, 0.4) is 0 Å². The first kappa shape index (κ1) is 15.8. The van der Waals surface area contributed by atoms with Crippen molar-refractivity contribution in [2.45, 2.75) is 24.8 Å². The lowest BCUT2D eigenvalue weighted by Crippen LogP contribution is -2.24. The molecule has 0 fully saturated rings. The Morgan fingerprint density at radius 2 is 2.10 bits per heavy atom. The minimum atomic E-state index is -3.71. The Balaban J connectivity index is 2.22. The van der Waals surface area contributed by atoms with Gasteiger partial charge in [-0.05, 0) is 36.2 Å². The molecule has 0 aliphatic carbocycles. The molecule has 0 amide bonds. The Morgan fingerprint density at radius 1 is 1.33 bits per heavy atom. The number of aromatic nitrogens is 1. The normalized spacial score (nSPS) is 11.5. The van der Waals surface area contributed by atoms with Gasteiger partial charge in [-0.25, -0.2) is 13.1 Å². The average Bonchev–Trinajstić information content (AvgIpc) is 2.45. The van der Waals surface area contributed by atoms with Crippen LogP contribution in [0.25, 0.3) is 0 Å². The van der Waals surface area contributed by atoms with Crippen molar-refractivity contribution in [2.75, 3.05) is 5.73 Å². The van der Waals surface area contributed by atoms with Gasteiger partial charge < -0.3 is 5.73 Å². The summed E-state index contributed by atoms with van der Waals surface area (Å²) >= 11 is 5.94. The number of pyridine rings is 1. The predicted octanol–water partition coefficient (Wildman–Crippen LogP) is 2.36. The zero-order valence-electron chi connectivity index (χ0n) is 11.5. The van der Waals surface area contributed by atoms with Crippen molar-refractivity contribution in [1.82, 2.24) is 9.71 Å².